The minimum atomic E-state index is -0.282. The lowest BCUT2D eigenvalue weighted by Crippen LogP contribution is -2.19. The molecular weight excluding hydrogens is 272 g/mol. The molecule has 0 spiro atoms. The van der Waals surface area contributed by atoms with Crippen molar-refractivity contribution < 1.29 is 9.53 Å². The second-order valence-corrected chi connectivity index (χ2v) is 6.95. The molecular formula is C20H26O2. The van der Waals surface area contributed by atoms with Crippen LogP contribution in [0.4, 0.5) is 0 Å². The molecule has 0 fully saturated rings. The third kappa shape index (κ3) is 3.88. The summed E-state index contributed by atoms with van der Waals surface area (Å²) in [6.07, 6.45) is 13.5. The summed E-state index contributed by atoms with van der Waals surface area (Å²) in [7, 11) is 0. The van der Waals surface area contributed by atoms with Crippen molar-refractivity contribution in [3.63, 3.8) is 0 Å². The van der Waals surface area contributed by atoms with Gasteiger partial charge in [0.2, 0.25) is 0 Å². The Morgan fingerprint density at radius 3 is 2.64 bits per heavy atom. The van der Waals surface area contributed by atoms with Gasteiger partial charge in [-0.15, -0.1) is 0 Å². The maximum Gasteiger partial charge on any atom is 0.336 e. The molecule has 0 unspecified atom stereocenters. The van der Waals surface area contributed by atoms with E-state index in [1.165, 1.54) is 36.5 Å². The number of hydrogen-bond acceptors (Lipinski definition) is 2. The largest absolute Gasteiger partial charge is 0.423 e. The Kier molecular flexibility index (Phi) is 4.90. The van der Waals surface area contributed by atoms with Crippen LogP contribution in [0.5, 0.6) is 0 Å². The first-order valence-electron chi connectivity index (χ1n) is 7.97. The van der Waals surface area contributed by atoms with Crippen molar-refractivity contribution in [2.45, 2.75) is 53.9 Å². The fourth-order valence-electron chi connectivity index (χ4n) is 3.12. The molecule has 0 radical (unpaired) electrons. The van der Waals surface area contributed by atoms with Gasteiger partial charge in [-0.1, -0.05) is 43.2 Å². The van der Waals surface area contributed by atoms with E-state index in [4.69, 9.17) is 4.74 Å². The number of cyclic esters (lactones) is 1. The lowest BCUT2D eigenvalue weighted by Gasteiger charge is -2.32. The fourth-order valence-corrected chi connectivity index (χ4v) is 3.12. The number of carbonyl (C=O) groups excluding carboxylic acids is 1. The van der Waals surface area contributed by atoms with E-state index in [1.54, 1.807) is 0 Å². The van der Waals surface area contributed by atoms with E-state index in [0.29, 0.717) is 5.76 Å². The molecule has 0 saturated carbocycles. The van der Waals surface area contributed by atoms with Crippen molar-refractivity contribution in [1.82, 2.24) is 0 Å². The maximum atomic E-state index is 11.2. The van der Waals surface area contributed by atoms with Gasteiger partial charge in [0.25, 0.3) is 0 Å². The van der Waals surface area contributed by atoms with Crippen molar-refractivity contribution in [3.05, 3.63) is 58.4 Å². The van der Waals surface area contributed by atoms with E-state index in [0.717, 1.165) is 11.1 Å². The van der Waals surface area contributed by atoms with Crippen molar-refractivity contribution >= 4 is 5.97 Å². The van der Waals surface area contributed by atoms with Crippen molar-refractivity contribution in [1.29, 1.82) is 0 Å². The molecule has 0 aromatic heterocycles. The second-order valence-electron chi connectivity index (χ2n) is 6.95. The summed E-state index contributed by atoms with van der Waals surface area (Å²) in [5, 5.41) is 0. The first-order chi connectivity index (χ1) is 10.3. The van der Waals surface area contributed by atoms with Crippen molar-refractivity contribution in [2.75, 3.05) is 0 Å². The molecule has 0 atom stereocenters. The van der Waals surface area contributed by atoms with Gasteiger partial charge in [-0.3, -0.25) is 0 Å². The molecule has 0 saturated heterocycles. The molecule has 2 heteroatoms. The lowest BCUT2D eigenvalue weighted by atomic mass is 9.72. The van der Waals surface area contributed by atoms with Gasteiger partial charge in [-0.2, -0.15) is 0 Å². The number of esters is 1. The van der Waals surface area contributed by atoms with Gasteiger partial charge >= 0.3 is 5.97 Å². The van der Waals surface area contributed by atoms with Gasteiger partial charge < -0.3 is 4.74 Å². The Labute approximate surface area is 133 Å². The number of hydrogen-bond donors (Lipinski definition) is 0. The van der Waals surface area contributed by atoms with Gasteiger partial charge in [-0.25, -0.2) is 4.79 Å². The van der Waals surface area contributed by atoms with E-state index < -0.39 is 0 Å². The molecule has 2 rings (SSSR count). The van der Waals surface area contributed by atoms with Crippen molar-refractivity contribution in [3.8, 4) is 0 Å². The molecule has 2 nitrogen and oxygen atoms in total. The van der Waals surface area contributed by atoms with Crippen LogP contribution in [-0.4, -0.2) is 5.97 Å². The number of rotatable bonds is 3. The van der Waals surface area contributed by atoms with Crippen LogP contribution in [0.2, 0.25) is 0 Å². The first-order valence-corrected chi connectivity index (χ1v) is 7.97. The van der Waals surface area contributed by atoms with E-state index in [-0.39, 0.29) is 11.4 Å². The molecule has 0 aromatic rings. The fraction of sp³-hybridized carbons (Fsp3) is 0.450. The normalized spacial score (nSPS) is 24.2. The molecule has 0 N–H and O–H groups in total. The number of ether oxygens (including phenoxy) is 1. The highest BCUT2D eigenvalue weighted by molar-refractivity contribution is 5.88. The summed E-state index contributed by atoms with van der Waals surface area (Å²) >= 11 is 0. The zero-order valence-electron chi connectivity index (χ0n) is 14.3. The molecule has 2 aliphatic rings. The highest BCUT2D eigenvalue weighted by Gasteiger charge is 2.26. The molecule has 1 heterocycles. The van der Waals surface area contributed by atoms with Crippen LogP contribution in [-0.2, 0) is 9.53 Å². The molecule has 22 heavy (non-hydrogen) atoms. The Morgan fingerprint density at radius 2 is 2.05 bits per heavy atom. The maximum absolute atomic E-state index is 11.2. The van der Waals surface area contributed by atoms with Gasteiger partial charge in [-0.05, 0) is 62.7 Å². The topological polar surface area (TPSA) is 26.3 Å². The quantitative estimate of drug-likeness (QED) is 0.515. The minimum Gasteiger partial charge on any atom is -0.423 e. The van der Waals surface area contributed by atoms with Crippen LogP contribution in [0, 0.1) is 5.41 Å². The van der Waals surface area contributed by atoms with Crippen LogP contribution in [0.1, 0.15) is 53.9 Å². The summed E-state index contributed by atoms with van der Waals surface area (Å²) < 4.78 is 5.12. The monoisotopic (exact) mass is 298 g/mol. The summed E-state index contributed by atoms with van der Waals surface area (Å²) in [4.78, 5) is 11.2. The zero-order valence-corrected chi connectivity index (χ0v) is 14.3. The van der Waals surface area contributed by atoms with Crippen LogP contribution < -0.4 is 0 Å². The summed E-state index contributed by atoms with van der Waals surface area (Å²) in [5.74, 6) is 0.362. The van der Waals surface area contributed by atoms with Crippen LogP contribution >= 0.6 is 0 Å². The minimum absolute atomic E-state index is 0.262. The Hall–Kier alpha value is -1.83. The second kappa shape index (κ2) is 6.51. The summed E-state index contributed by atoms with van der Waals surface area (Å²) in [6, 6.07) is 0. The Balaban J connectivity index is 2.13. The zero-order chi connectivity index (χ0) is 16.3. The van der Waals surface area contributed by atoms with E-state index in [1.807, 2.05) is 19.1 Å². The molecule has 118 valence electrons. The first kappa shape index (κ1) is 16.5. The Bertz CT molecular complexity index is 622. The highest BCUT2D eigenvalue weighted by atomic mass is 16.5. The summed E-state index contributed by atoms with van der Waals surface area (Å²) in [5.41, 5.74) is 5.25. The predicted octanol–water partition coefficient (Wildman–Crippen LogP) is 5.40. The van der Waals surface area contributed by atoms with E-state index in [9.17, 15) is 4.79 Å². The average Bonchev–Trinajstić information content (AvgIpc) is 2.73. The molecule has 1 aliphatic heterocycles. The van der Waals surface area contributed by atoms with Gasteiger partial charge in [0, 0.05) is 6.08 Å². The van der Waals surface area contributed by atoms with Crippen molar-refractivity contribution in [2.24, 2.45) is 5.41 Å². The summed E-state index contributed by atoms with van der Waals surface area (Å²) in [6.45, 7) is 10.8. The van der Waals surface area contributed by atoms with Gasteiger partial charge in [0.1, 0.15) is 5.76 Å². The molecule has 0 amide bonds. The van der Waals surface area contributed by atoms with E-state index >= 15 is 0 Å². The van der Waals surface area contributed by atoms with Crippen LogP contribution in [0.25, 0.3) is 0 Å². The van der Waals surface area contributed by atoms with Gasteiger partial charge in [0.15, 0.2) is 0 Å². The third-order valence-electron chi connectivity index (χ3n) is 4.49. The number of allylic oxidation sites excluding steroid dienone is 8. The van der Waals surface area contributed by atoms with Crippen LogP contribution in [0.15, 0.2) is 58.4 Å². The lowest BCUT2D eigenvalue weighted by molar-refractivity contribution is -0.132. The van der Waals surface area contributed by atoms with Crippen LogP contribution in [0.3, 0.4) is 0 Å². The third-order valence-corrected chi connectivity index (χ3v) is 4.49. The molecule has 1 aliphatic carbocycles. The molecule has 0 bridgehead atoms. The SMILES string of the molecule is CC1=CC(=O)O\C1=C/C=C(C)\C=C\C1=C(C)CCCC1(C)C. The standard InChI is InChI=1S/C20H26O2/c1-14(9-11-18-16(3)13-19(21)22-18)8-10-17-15(2)7-6-12-20(17,4)5/h8-11,13H,6-7,12H2,1-5H3/b10-8+,14-9-,18-11-. The molecule has 0 aromatic carbocycles. The number of carbonyl (C=O) groups is 1. The smallest absolute Gasteiger partial charge is 0.336 e. The van der Waals surface area contributed by atoms with E-state index in [2.05, 4.69) is 39.8 Å². The average molecular weight is 298 g/mol. The predicted molar refractivity (Wildman–Crippen MR) is 91.2 cm³/mol. The highest BCUT2D eigenvalue weighted by Crippen LogP contribution is 2.40. The van der Waals surface area contributed by atoms with Gasteiger partial charge in [0.05, 0.1) is 0 Å². The Morgan fingerprint density at radius 1 is 1.32 bits per heavy atom.